The van der Waals surface area contributed by atoms with Crippen molar-refractivity contribution < 1.29 is 53.6 Å². The molecule has 0 aliphatic carbocycles. The molecule has 29 heavy (non-hydrogen) atoms. The molecule has 0 amide bonds. The summed E-state index contributed by atoms with van der Waals surface area (Å²) in [6.45, 7) is 9.35. The molecule has 1 aromatic carbocycles. The van der Waals surface area contributed by atoms with Crippen LogP contribution in [0.15, 0.2) is 24.3 Å². The van der Waals surface area contributed by atoms with Crippen LogP contribution in [-0.2, 0) is 29.3 Å². The monoisotopic (exact) mass is 510 g/mol. The van der Waals surface area contributed by atoms with Crippen molar-refractivity contribution in [3.63, 3.8) is 0 Å². The molecule has 0 atom stereocenters. The molecule has 0 aromatic heterocycles. The summed E-state index contributed by atoms with van der Waals surface area (Å²) in [7, 11) is 0. The second kappa shape index (κ2) is 29.9. The summed E-state index contributed by atoms with van der Waals surface area (Å²) in [6.07, 6.45) is 6.11. The van der Waals surface area contributed by atoms with Gasteiger partial charge in [0.2, 0.25) is 0 Å². The fourth-order valence-corrected chi connectivity index (χ4v) is 1.17. The Bertz CT molecular complexity index is 365. The van der Waals surface area contributed by atoms with Crippen molar-refractivity contribution in [2.24, 2.45) is 0 Å². The van der Waals surface area contributed by atoms with Gasteiger partial charge in [0.15, 0.2) is 0 Å². The van der Waals surface area contributed by atoms with Gasteiger partial charge < -0.3 is 20.4 Å². The standard InChI is InChI=1S/C8H10O.3C4H10O.4FH.Zr/c1-7-2-4-8(6-9)5-3-7;3*1-2-3-4-5;;;;;/h2-5,9H,6H2,1H3;3*5H,2-4H2,1H3;4*1H;/q;;;;;;;;+4/p-4. The van der Waals surface area contributed by atoms with Crippen LogP contribution in [0, 0.1) is 6.92 Å². The summed E-state index contributed by atoms with van der Waals surface area (Å²) in [5, 5.41) is 32.8. The van der Waals surface area contributed by atoms with Crippen LogP contribution in [-0.4, -0.2) is 40.2 Å². The molecular formula is C20H40F4O4Zr. The quantitative estimate of drug-likeness (QED) is 0.364. The van der Waals surface area contributed by atoms with Gasteiger partial charge in [-0.15, -0.1) is 0 Å². The molecule has 0 saturated carbocycles. The fraction of sp³-hybridized carbons (Fsp3) is 0.700. The first-order chi connectivity index (χ1) is 13.6. The molecule has 176 valence electrons. The van der Waals surface area contributed by atoms with E-state index >= 15 is 0 Å². The zero-order valence-electron chi connectivity index (χ0n) is 18.2. The van der Waals surface area contributed by atoms with Crippen molar-refractivity contribution in [3.8, 4) is 0 Å². The van der Waals surface area contributed by atoms with Gasteiger partial charge in [0.1, 0.15) is 0 Å². The molecule has 0 fully saturated rings. The minimum absolute atomic E-state index is 0.139. The molecule has 1 rings (SSSR count). The SMILES string of the molecule is CCCCO.CCCCO.CCCCO.Cc1ccc(CO)cc1.[F][Zr]([F])([F])[F]. The molecule has 0 spiro atoms. The maximum atomic E-state index is 9.90. The van der Waals surface area contributed by atoms with E-state index in [-0.39, 0.29) is 6.61 Å². The average molecular weight is 512 g/mol. The molecule has 0 unspecified atom stereocenters. The Morgan fingerprint density at radius 3 is 1.07 bits per heavy atom. The predicted octanol–water partition coefficient (Wildman–Crippen LogP) is 5.50. The summed E-state index contributed by atoms with van der Waals surface area (Å²) in [5.41, 5.74) is 2.20. The molecule has 4 nitrogen and oxygen atoms in total. The van der Waals surface area contributed by atoms with E-state index in [9.17, 15) is 10.5 Å². The second-order valence-corrected chi connectivity index (χ2v) is 7.91. The third-order valence-corrected chi connectivity index (χ3v) is 2.84. The van der Waals surface area contributed by atoms with Gasteiger partial charge in [0.05, 0.1) is 6.61 Å². The van der Waals surface area contributed by atoms with Gasteiger partial charge in [0.25, 0.3) is 0 Å². The first kappa shape index (κ1) is 36.1. The van der Waals surface area contributed by atoms with Gasteiger partial charge in [-0.05, 0) is 31.7 Å². The Hall–Kier alpha value is -0.337. The first-order valence-electron chi connectivity index (χ1n) is 9.82. The van der Waals surface area contributed by atoms with Gasteiger partial charge in [-0.25, -0.2) is 0 Å². The zero-order valence-corrected chi connectivity index (χ0v) is 20.6. The van der Waals surface area contributed by atoms with E-state index in [1.54, 1.807) is 0 Å². The number of unbranched alkanes of at least 4 members (excludes halogenated alkanes) is 3. The predicted molar refractivity (Wildman–Crippen MR) is 108 cm³/mol. The molecule has 0 aliphatic heterocycles. The molecule has 0 bridgehead atoms. The summed E-state index contributed by atoms with van der Waals surface area (Å²) in [6, 6.07) is 7.84. The zero-order chi connectivity index (χ0) is 23.6. The molecule has 9 heteroatoms. The third kappa shape index (κ3) is 58.4. The average Bonchev–Trinajstić information content (AvgIpc) is 2.65. The van der Waals surface area contributed by atoms with Crippen molar-refractivity contribution in [2.75, 3.05) is 19.8 Å². The van der Waals surface area contributed by atoms with E-state index in [1.165, 1.54) is 5.56 Å². The van der Waals surface area contributed by atoms with Crippen molar-refractivity contribution in [2.45, 2.75) is 72.8 Å². The van der Waals surface area contributed by atoms with Crippen LogP contribution in [0.5, 0.6) is 0 Å². The van der Waals surface area contributed by atoms with Crippen molar-refractivity contribution in [1.82, 2.24) is 0 Å². The van der Waals surface area contributed by atoms with Crippen LogP contribution < -0.4 is 0 Å². The topological polar surface area (TPSA) is 80.9 Å². The minimum atomic E-state index is -7.18. The Labute approximate surface area is 181 Å². The summed E-state index contributed by atoms with van der Waals surface area (Å²) < 4.78 is 39.6. The van der Waals surface area contributed by atoms with Crippen molar-refractivity contribution in [3.05, 3.63) is 35.4 Å². The molecule has 0 saturated heterocycles. The number of hydrogen-bond acceptors (Lipinski definition) is 4. The van der Waals surface area contributed by atoms with Crippen LogP contribution >= 0.6 is 0 Å². The van der Waals surface area contributed by atoms with Crippen molar-refractivity contribution in [1.29, 1.82) is 0 Å². The number of aryl methyl sites for hydroxylation is 1. The fourth-order valence-electron chi connectivity index (χ4n) is 1.17. The number of hydrogen-bond donors (Lipinski definition) is 4. The number of benzene rings is 1. The Morgan fingerprint density at radius 1 is 0.655 bits per heavy atom. The van der Waals surface area contributed by atoms with E-state index in [0.717, 1.165) is 44.1 Å². The van der Waals surface area contributed by atoms with Crippen LogP contribution in [0.4, 0.5) is 10.5 Å². The van der Waals surface area contributed by atoms with Crippen LogP contribution in [0.1, 0.15) is 70.4 Å². The summed E-state index contributed by atoms with van der Waals surface area (Å²) in [5.74, 6) is 0. The molecule has 0 heterocycles. The maximum absolute atomic E-state index is 9.90. The van der Waals surface area contributed by atoms with Gasteiger partial charge in [-0.1, -0.05) is 69.9 Å². The van der Waals surface area contributed by atoms with E-state index in [2.05, 4.69) is 20.8 Å². The summed E-state index contributed by atoms with van der Waals surface area (Å²) in [4.78, 5) is 0. The molecular weight excluding hydrogens is 471 g/mol. The van der Waals surface area contributed by atoms with E-state index in [0.29, 0.717) is 19.8 Å². The van der Waals surface area contributed by atoms with E-state index in [4.69, 9.17) is 20.4 Å². The number of aliphatic hydroxyl groups is 4. The Balaban J connectivity index is -0.000000140. The Kier molecular flexibility index (Phi) is 37.1. The Morgan fingerprint density at radius 2 is 0.931 bits per heavy atom. The van der Waals surface area contributed by atoms with Crippen LogP contribution in [0.25, 0.3) is 0 Å². The van der Waals surface area contributed by atoms with Gasteiger partial charge in [-0.3, -0.25) is 0 Å². The van der Waals surface area contributed by atoms with Gasteiger partial charge in [0, 0.05) is 19.8 Å². The van der Waals surface area contributed by atoms with Crippen molar-refractivity contribution >= 4 is 0 Å². The number of rotatable bonds is 7. The normalized spacial score (nSPS) is 9.38. The second-order valence-electron chi connectivity index (χ2n) is 5.80. The molecule has 4 N–H and O–H groups in total. The number of aliphatic hydroxyl groups excluding tert-OH is 4. The molecule has 1 aromatic rings. The van der Waals surface area contributed by atoms with Gasteiger partial charge >= 0.3 is 33.2 Å². The van der Waals surface area contributed by atoms with Crippen LogP contribution in [0.3, 0.4) is 0 Å². The molecule has 0 aliphatic rings. The first-order valence-corrected chi connectivity index (χ1v) is 13.5. The number of halogens is 4. The summed E-state index contributed by atoms with van der Waals surface area (Å²) >= 11 is -7.18. The van der Waals surface area contributed by atoms with E-state index < -0.39 is 22.7 Å². The molecule has 0 radical (unpaired) electrons. The van der Waals surface area contributed by atoms with Crippen LogP contribution in [0.2, 0.25) is 0 Å². The third-order valence-electron chi connectivity index (χ3n) is 2.84. The van der Waals surface area contributed by atoms with E-state index in [1.807, 2.05) is 31.2 Å². The van der Waals surface area contributed by atoms with Gasteiger partial charge in [-0.2, -0.15) is 0 Å².